The second-order valence-electron chi connectivity index (χ2n) is 2.92. The van der Waals surface area contributed by atoms with Crippen LogP contribution in [0.4, 0.5) is 13.2 Å². The largest absolute Gasteiger partial charge is 0.471 e. The van der Waals surface area contributed by atoms with E-state index in [1.54, 1.807) is 5.32 Å². The van der Waals surface area contributed by atoms with Crippen LogP contribution in [0.2, 0.25) is 0 Å². The van der Waals surface area contributed by atoms with Crippen LogP contribution in [0.15, 0.2) is 12.2 Å². The number of nitrogens with zero attached hydrogens (tertiary/aromatic N) is 1. The highest BCUT2D eigenvalue weighted by Crippen LogP contribution is 2.13. The van der Waals surface area contributed by atoms with Gasteiger partial charge in [0.15, 0.2) is 0 Å². The first-order valence-electron chi connectivity index (χ1n) is 4.21. The monoisotopic (exact) mass is 236 g/mol. The third kappa shape index (κ3) is 2.81. The maximum absolute atomic E-state index is 11.7. The summed E-state index contributed by atoms with van der Waals surface area (Å²) in [7, 11) is 0. The van der Waals surface area contributed by atoms with Gasteiger partial charge < -0.3 is 5.32 Å². The molecular formula is C8H7F3N2O3. The van der Waals surface area contributed by atoms with Crippen molar-refractivity contribution >= 4 is 17.7 Å². The fraction of sp³-hybridized carbons (Fsp3) is 0.375. The Morgan fingerprint density at radius 2 is 1.75 bits per heavy atom. The molecule has 1 N–H and O–H groups in total. The molecule has 0 spiro atoms. The number of hydrogen-bond donors (Lipinski definition) is 1. The molecule has 1 heterocycles. The molecule has 0 unspecified atom stereocenters. The Kier molecular flexibility index (Phi) is 3.31. The Morgan fingerprint density at radius 3 is 2.19 bits per heavy atom. The molecule has 0 saturated heterocycles. The Labute approximate surface area is 87.9 Å². The summed E-state index contributed by atoms with van der Waals surface area (Å²) in [5.41, 5.74) is 0. The van der Waals surface area contributed by atoms with E-state index in [1.807, 2.05) is 0 Å². The molecule has 0 bridgehead atoms. The summed E-state index contributed by atoms with van der Waals surface area (Å²) in [6, 6.07) is 0. The van der Waals surface area contributed by atoms with Crippen molar-refractivity contribution in [2.45, 2.75) is 6.18 Å². The number of alkyl halides is 3. The summed E-state index contributed by atoms with van der Waals surface area (Å²) in [5.74, 6) is -3.31. The lowest BCUT2D eigenvalue weighted by Gasteiger charge is -2.14. The summed E-state index contributed by atoms with van der Waals surface area (Å²) in [4.78, 5) is 33.0. The van der Waals surface area contributed by atoms with Crippen molar-refractivity contribution in [3.8, 4) is 0 Å². The average Bonchev–Trinajstić information content (AvgIpc) is 2.47. The van der Waals surface area contributed by atoms with E-state index in [0.29, 0.717) is 0 Å². The number of amides is 3. The molecule has 1 rings (SSSR count). The van der Waals surface area contributed by atoms with Gasteiger partial charge in [-0.1, -0.05) is 0 Å². The molecule has 8 heteroatoms. The molecule has 0 aliphatic carbocycles. The Morgan fingerprint density at radius 1 is 1.25 bits per heavy atom. The van der Waals surface area contributed by atoms with Crippen molar-refractivity contribution in [2.24, 2.45) is 0 Å². The van der Waals surface area contributed by atoms with Gasteiger partial charge in [0, 0.05) is 25.2 Å². The van der Waals surface area contributed by atoms with Gasteiger partial charge in [0.2, 0.25) is 0 Å². The lowest BCUT2D eigenvalue weighted by molar-refractivity contribution is -0.173. The standard InChI is InChI=1S/C8H7F3N2O3/c9-8(10,11)7(16)12-3-4-13-5(14)1-2-6(13)15/h1-2H,3-4H2,(H,12,16). The van der Waals surface area contributed by atoms with Gasteiger partial charge in [0.1, 0.15) is 0 Å². The second-order valence-corrected chi connectivity index (χ2v) is 2.92. The zero-order chi connectivity index (χ0) is 12.3. The van der Waals surface area contributed by atoms with E-state index in [4.69, 9.17) is 0 Å². The summed E-state index contributed by atoms with van der Waals surface area (Å²) < 4.78 is 35.2. The van der Waals surface area contributed by atoms with Crippen molar-refractivity contribution < 1.29 is 27.6 Å². The predicted molar refractivity (Wildman–Crippen MR) is 44.9 cm³/mol. The maximum atomic E-state index is 11.7. The van der Waals surface area contributed by atoms with E-state index in [1.165, 1.54) is 0 Å². The van der Waals surface area contributed by atoms with Crippen molar-refractivity contribution in [1.29, 1.82) is 0 Å². The molecule has 1 aliphatic heterocycles. The molecule has 0 saturated carbocycles. The number of nitrogens with one attached hydrogen (secondary N) is 1. The first-order valence-corrected chi connectivity index (χ1v) is 4.21. The molecule has 5 nitrogen and oxygen atoms in total. The summed E-state index contributed by atoms with van der Waals surface area (Å²) in [6.45, 7) is -0.718. The summed E-state index contributed by atoms with van der Waals surface area (Å²) in [6.07, 6.45) is -2.95. The molecular weight excluding hydrogens is 229 g/mol. The number of carbonyl (C=O) groups is 3. The van der Waals surface area contributed by atoms with Crippen LogP contribution in [0.25, 0.3) is 0 Å². The van der Waals surface area contributed by atoms with Gasteiger partial charge in [0.25, 0.3) is 11.8 Å². The van der Waals surface area contributed by atoms with E-state index in [-0.39, 0.29) is 6.54 Å². The smallest absolute Gasteiger partial charge is 0.346 e. The molecule has 1 aliphatic rings. The third-order valence-corrected chi connectivity index (χ3v) is 1.78. The second kappa shape index (κ2) is 4.33. The maximum Gasteiger partial charge on any atom is 0.471 e. The molecule has 0 radical (unpaired) electrons. The van der Waals surface area contributed by atoms with Gasteiger partial charge in [-0.05, 0) is 0 Å². The van der Waals surface area contributed by atoms with Gasteiger partial charge in [-0.2, -0.15) is 13.2 Å². The SMILES string of the molecule is O=C1C=CC(=O)N1CCNC(=O)C(F)(F)F. The lowest BCUT2D eigenvalue weighted by atomic mass is 10.5. The van der Waals surface area contributed by atoms with Gasteiger partial charge >= 0.3 is 12.1 Å². The van der Waals surface area contributed by atoms with Gasteiger partial charge in [-0.15, -0.1) is 0 Å². The number of rotatable bonds is 3. The van der Waals surface area contributed by atoms with Crippen LogP contribution in [-0.4, -0.2) is 41.9 Å². The molecule has 0 aromatic rings. The molecule has 0 atom stereocenters. The minimum atomic E-state index is -4.96. The molecule has 0 fully saturated rings. The van der Waals surface area contributed by atoms with Crippen LogP contribution in [0.3, 0.4) is 0 Å². The number of carbonyl (C=O) groups excluding carboxylic acids is 3. The average molecular weight is 236 g/mol. The fourth-order valence-corrected chi connectivity index (χ4v) is 1.03. The normalized spacial score (nSPS) is 15.8. The molecule has 3 amide bonds. The van der Waals surface area contributed by atoms with Crippen molar-refractivity contribution in [3.63, 3.8) is 0 Å². The van der Waals surface area contributed by atoms with Crippen molar-refractivity contribution in [2.75, 3.05) is 13.1 Å². The van der Waals surface area contributed by atoms with E-state index < -0.39 is 30.4 Å². The van der Waals surface area contributed by atoms with E-state index in [9.17, 15) is 27.6 Å². The van der Waals surface area contributed by atoms with E-state index in [2.05, 4.69) is 0 Å². The van der Waals surface area contributed by atoms with Gasteiger partial charge in [-0.25, -0.2) is 0 Å². The van der Waals surface area contributed by atoms with Crippen LogP contribution in [0, 0.1) is 0 Å². The van der Waals surface area contributed by atoms with Crippen molar-refractivity contribution in [1.82, 2.24) is 10.2 Å². The highest BCUT2D eigenvalue weighted by atomic mass is 19.4. The minimum Gasteiger partial charge on any atom is -0.346 e. The molecule has 16 heavy (non-hydrogen) atoms. The Balaban J connectivity index is 2.35. The zero-order valence-corrected chi connectivity index (χ0v) is 7.87. The Hall–Kier alpha value is -1.86. The lowest BCUT2D eigenvalue weighted by Crippen LogP contribution is -2.42. The molecule has 0 aromatic heterocycles. The zero-order valence-electron chi connectivity index (χ0n) is 7.87. The van der Waals surface area contributed by atoms with Crippen LogP contribution >= 0.6 is 0 Å². The number of imide groups is 1. The van der Waals surface area contributed by atoms with Crippen LogP contribution in [-0.2, 0) is 14.4 Å². The molecule has 88 valence electrons. The van der Waals surface area contributed by atoms with Gasteiger partial charge in [0.05, 0.1) is 0 Å². The van der Waals surface area contributed by atoms with Crippen LogP contribution < -0.4 is 5.32 Å². The summed E-state index contributed by atoms with van der Waals surface area (Å²) in [5, 5.41) is 1.55. The quantitative estimate of drug-likeness (QED) is 0.677. The highest BCUT2D eigenvalue weighted by Gasteiger charge is 2.38. The predicted octanol–water partition coefficient (Wildman–Crippen LogP) is -0.410. The number of hydrogen-bond acceptors (Lipinski definition) is 3. The Bertz CT molecular complexity index is 344. The number of halogens is 3. The van der Waals surface area contributed by atoms with Crippen LogP contribution in [0.5, 0.6) is 0 Å². The topological polar surface area (TPSA) is 66.5 Å². The third-order valence-electron chi connectivity index (χ3n) is 1.78. The fourth-order valence-electron chi connectivity index (χ4n) is 1.03. The van der Waals surface area contributed by atoms with E-state index in [0.717, 1.165) is 17.1 Å². The molecule has 0 aromatic carbocycles. The summed E-state index contributed by atoms with van der Waals surface area (Å²) >= 11 is 0. The van der Waals surface area contributed by atoms with Crippen molar-refractivity contribution in [3.05, 3.63) is 12.2 Å². The highest BCUT2D eigenvalue weighted by molar-refractivity contribution is 6.12. The first-order chi connectivity index (χ1) is 7.32. The van der Waals surface area contributed by atoms with E-state index >= 15 is 0 Å². The first kappa shape index (κ1) is 12.2. The van der Waals surface area contributed by atoms with Crippen LogP contribution in [0.1, 0.15) is 0 Å². The van der Waals surface area contributed by atoms with Gasteiger partial charge in [-0.3, -0.25) is 19.3 Å². The minimum absolute atomic E-state index is 0.285.